The Kier molecular flexibility index (Phi) is 47.9. The second kappa shape index (κ2) is 50.4. The Hall–Kier alpha value is -2.95. The molecule has 1 amide bonds. The Morgan fingerprint density at radius 1 is 0.417 bits per heavy atom. The summed E-state index contributed by atoms with van der Waals surface area (Å²) < 4.78 is 0. The standard InChI is InChI=1S/C56H95NO3/c1-3-5-7-9-11-13-15-16-17-18-19-20-21-22-23-24-25-26-27-28-29-30-31-32-33-34-35-36-37-38-39-40-42-44-46-48-50-52-56(60)57-54(53-58)55(59)51-49-47-45-43-41-14-12-10-8-6-4-2/h5,7,11,13,16-17,19-20,22-23,25-26,28-29,31-32,34-35,54-55,58-59H,3-4,6,8-10,12,14-15,18,21,24,27,30,33,36-53H2,1-2H3,(H,57,60)/b7-5-,13-11-,17-16-,20-19-,23-22-,26-25-,29-28-,32-31-,35-34-. The molecule has 0 saturated carbocycles. The van der Waals surface area contributed by atoms with E-state index in [-0.39, 0.29) is 12.5 Å². The monoisotopic (exact) mass is 830 g/mol. The Morgan fingerprint density at radius 3 is 1.10 bits per heavy atom. The molecule has 2 unspecified atom stereocenters. The molecule has 0 aliphatic rings. The van der Waals surface area contributed by atoms with Gasteiger partial charge in [-0.05, 0) is 83.5 Å². The van der Waals surface area contributed by atoms with Gasteiger partial charge < -0.3 is 15.5 Å². The third-order valence-electron chi connectivity index (χ3n) is 10.8. The van der Waals surface area contributed by atoms with Crippen LogP contribution in [0.4, 0.5) is 0 Å². The molecular formula is C56H95NO3. The number of allylic oxidation sites excluding steroid dienone is 18. The number of aliphatic hydroxyl groups is 2. The van der Waals surface area contributed by atoms with Crippen LogP contribution in [0, 0.1) is 0 Å². The van der Waals surface area contributed by atoms with Gasteiger partial charge in [-0.15, -0.1) is 0 Å². The lowest BCUT2D eigenvalue weighted by atomic mass is 10.0. The average molecular weight is 830 g/mol. The normalized spacial score (nSPS) is 13.9. The summed E-state index contributed by atoms with van der Waals surface area (Å²) in [5.41, 5.74) is 0. The number of hydrogen-bond donors (Lipinski definition) is 3. The number of hydrogen-bond acceptors (Lipinski definition) is 3. The van der Waals surface area contributed by atoms with E-state index >= 15 is 0 Å². The van der Waals surface area contributed by atoms with E-state index in [1.807, 2.05) is 0 Å². The van der Waals surface area contributed by atoms with Crippen LogP contribution in [-0.4, -0.2) is 34.9 Å². The second-order valence-corrected chi connectivity index (χ2v) is 16.5. The molecule has 0 aliphatic carbocycles. The minimum absolute atomic E-state index is 0.0438. The number of amides is 1. The smallest absolute Gasteiger partial charge is 0.220 e. The lowest BCUT2D eigenvalue weighted by Crippen LogP contribution is -2.45. The van der Waals surface area contributed by atoms with Crippen molar-refractivity contribution in [3.8, 4) is 0 Å². The van der Waals surface area contributed by atoms with Gasteiger partial charge in [0.2, 0.25) is 5.91 Å². The van der Waals surface area contributed by atoms with Crippen LogP contribution in [-0.2, 0) is 4.79 Å². The number of unbranched alkanes of at least 4 members (excludes halogenated alkanes) is 19. The van der Waals surface area contributed by atoms with Gasteiger partial charge in [0.05, 0.1) is 18.8 Å². The summed E-state index contributed by atoms with van der Waals surface area (Å²) in [4.78, 5) is 12.4. The van der Waals surface area contributed by atoms with Gasteiger partial charge in [-0.25, -0.2) is 0 Å². The fourth-order valence-electron chi connectivity index (χ4n) is 7.00. The van der Waals surface area contributed by atoms with Crippen LogP contribution in [0.2, 0.25) is 0 Å². The van der Waals surface area contributed by atoms with E-state index in [2.05, 4.69) is 129 Å². The van der Waals surface area contributed by atoms with Crippen LogP contribution in [0.5, 0.6) is 0 Å². The third kappa shape index (κ3) is 46.1. The zero-order chi connectivity index (χ0) is 43.5. The minimum Gasteiger partial charge on any atom is -0.394 e. The molecule has 0 aromatic carbocycles. The topological polar surface area (TPSA) is 69.6 Å². The highest BCUT2D eigenvalue weighted by Crippen LogP contribution is 2.15. The van der Waals surface area contributed by atoms with Crippen LogP contribution < -0.4 is 5.32 Å². The largest absolute Gasteiger partial charge is 0.394 e. The van der Waals surface area contributed by atoms with Crippen molar-refractivity contribution < 1.29 is 15.0 Å². The number of carbonyl (C=O) groups excluding carboxylic acids is 1. The van der Waals surface area contributed by atoms with Crippen molar-refractivity contribution in [3.63, 3.8) is 0 Å². The lowest BCUT2D eigenvalue weighted by Gasteiger charge is -2.22. The Morgan fingerprint density at radius 2 is 0.733 bits per heavy atom. The molecule has 0 heterocycles. The highest BCUT2D eigenvalue weighted by molar-refractivity contribution is 5.76. The first kappa shape index (κ1) is 57.1. The molecule has 0 bridgehead atoms. The summed E-state index contributed by atoms with van der Waals surface area (Å²) in [5.74, 6) is -0.0438. The molecule has 0 spiro atoms. The van der Waals surface area contributed by atoms with E-state index in [0.29, 0.717) is 12.8 Å². The molecule has 0 radical (unpaired) electrons. The van der Waals surface area contributed by atoms with E-state index in [0.717, 1.165) is 83.5 Å². The molecule has 4 heteroatoms. The second-order valence-electron chi connectivity index (χ2n) is 16.5. The fraction of sp³-hybridized carbons (Fsp3) is 0.661. The van der Waals surface area contributed by atoms with E-state index in [1.54, 1.807) is 0 Å². The zero-order valence-corrected chi connectivity index (χ0v) is 39.2. The average Bonchev–Trinajstić information content (AvgIpc) is 3.25. The molecule has 0 fully saturated rings. The van der Waals surface area contributed by atoms with E-state index in [1.165, 1.54) is 109 Å². The van der Waals surface area contributed by atoms with Gasteiger partial charge >= 0.3 is 0 Å². The fourth-order valence-corrected chi connectivity index (χ4v) is 7.00. The van der Waals surface area contributed by atoms with Crippen LogP contribution in [0.3, 0.4) is 0 Å². The third-order valence-corrected chi connectivity index (χ3v) is 10.8. The van der Waals surface area contributed by atoms with Crippen molar-refractivity contribution in [3.05, 3.63) is 109 Å². The lowest BCUT2D eigenvalue weighted by molar-refractivity contribution is -0.123. The van der Waals surface area contributed by atoms with Gasteiger partial charge in [-0.1, -0.05) is 239 Å². The van der Waals surface area contributed by atoms with Crippen molar-refractivity contribution in [1.82, 2.24) is 5.32 Å². The van der Waals surface area contributed by atoms with Crippen molar-refractivity contribution in [2.75, 3.05) is 6.61 Å². The molecule has 342 valence electrons. The summed E-state index contributed by atoms with van der Waals surface area (Å²) in [6.07, 6.45) is 76.2. The van der Waals surface area contributed by atoms with Crippen molar-refractivity contribution in [1.29, 1.82) is 0 Å². The summed E-state index contributed by atoms with van der Waals surface area (Å²) >= 11 is 0. The maximum absolute atomic E-state index is 12.4. The SMILES string of the molecule is CC/C=C\C/C=C\C/C=C\C/C=C\C/C=C\C/C=C\C/C=C\C/C=C\C/C=C\CCCCCCCCCCCC(=O)NC(CO)C(O)CCCCCCCCCCCCC. The molecule has 0 aromatic rings. The molecule has 2 atom stereocenters. The first-order chi connectivity index (χ1) is 29.7. The number of rotatable bonds is 44. The minimum atomic E-state index is -0.667. The van der Waals surface area contributed by atoms with Crippen LogP contribution >= 0.6 is 0 Å². The Bertz CT molecular complexity index is 1170. The van der Waals surface area contributed by atoms with Gasteiger partial charge in [0.1, 0.15) is 0 Å². The van der Waals surface area contributed by atoms with Gasteiger partial charge in [-0.3, -0.25) is 4.79 Å². The molecule has 0 aromatic heterocycles. The molecule has 3 N–H and O–H groups in total. The number of nitrogens with one attached hydrogen (secondary N) is 1. The van der Waals surface area contributed by atoms with Gasteiger partial charge in [-0.2, -0.15) is 0 Å². The molecule has 0 saturated heterocycles. The summed E-state index contributed by atoms with van der Waals surface area (Å²) in [6, 6.07) is -0.545. The molecule has 0 rings (SSSR count). The first-order valence-electron chi connectivity index (χ1n) is 25.1. The maximum atomic E-state index is 12.4. The number of aliphatic hydroxyl groups excluding tert-OH is 2. The summed E-state index contributed by atoms with van der Waals surface area (Å²) in [5, 5.41) is 23.1. The quantitative estimate of drug-likeness (QED) is 0.0423. The zero-order valence-electron chi connectivity index (χ0n) is 39.2. The van der Waals surface area contributed by atoms with Gasteiger partial charge in [0, 0.05) is 6.42 Å². The van der Waals surface area contributed by atoms with Crippen molar-refractivity contribution in [2.24, 2.45) is 0 Å². The van der Waals surface area contributed by atoms with E-state index in [4.69, 9.17) is 0 Å². The van der Waals surface area contributed by atoms with Crippen LogP contribution in [0.15, 0.2) is 109 Å². The van der Waals surface area contributed by atoms with E-state index < -0.39 is 12.1 Å². The van der Waals surface area contributed by atoms with Crippen LogP contribution in [0.25, 0.3) is 0 Å². The van der Waals surface area contributed by atoms with Gasteiger partial charge in [0.15, 0.2) is 0 Å². The predicted molar refractivity (Wildman–Crippen MR) is 266 cm³/mol. The summed E-state index contributed by atoms with van der Waals surface area (Å²) in [7, 11) is 0. The Balaban J connectivity index is 3.59. The highest BCUT2D eigenvalue weighted by Gasteiger charge is 2.20. The highest BCUT2D eigenvalue weighted by atomic mass is 16.3. The number of carbonyl (C=O) groups is 1. The van der Waals surface area contributed by atoms with Crippen molar-refractivity contribution in [2.45, 2.75) is 231 Å². The molecular weight excluding hydrogens is 735 g/mol. The first-order valence-corrected chi connectivity index (χ1v) is 25.1. The molecule has 0 aliphatic heterocycles. The molecule has 60 heavy (non-hydrogen) atoms. The van der Waals surface area contributed by atoms with Crippen molar-refractivity contribution >= 4 is 5.91 Å². The van der Waals surface area contributed by atoms with Gasteiger partial charge in [0.25, 0.3) is 0 Å². The predicted octanol–water partition coefficient (Wildman–Crippen LogP) is 16.4. The summed E-state index contributed by atoms with van der Waals surface area (Å²) in [6.45, 7) is 4.22. The Labute approximate surface area is 372 Å². The van der Waals surface area contributed by atoms with Crippen LogP contribution in [0.1, 0.15) is 219 Å². The maximum Gasteiger partial charge on any atom is 0.220 e. The molecule has 4 nitrogen and oxygen atoms in total. The van der Waals surface area contributed by atoms with E-state index in [9.17, 15) is 15.0 Å².